The molecule has 0 N–H and O–H groups in total. The van der Waals surface area contributed by atoms with Gasteiger partial charge in [0, 0.05) is 17.0 Å². The third kappa shape index (κ3) is 2.14. The molecule has 2 aromatic rings. The molecule has 0 saturated carbocycles. The van der Waals surface area contributed by atoms with Gasteiger partial charge in [-0.05, 0) is 12.5 Å². The van der Waals surface area contributed by atoms with E-state index in [4.69, 9.17) is 0 Å². The number of hydrogen-bond acceptors (Lipinski definition) is 4. The number of hydrogen-bond donors (Lipinski definition) is 0. The molecule has 0 aliphatic rings. The van der Waals surface area contributed by atoms with Crippen LogP contribution >= 0.6 is 0 Å². The van der Waals surface area contributed by atoms with Crippen LogP contribution < -0.4 is 10.7 Å². The number of para-hydroxylation sites is 1. The van der Waals surface area contributed by atoms with E-state index in [0.29, 0.717) is 17.2 Å². The maximum atomic E-state index is 12.0. The van der Waals surface area contributed by atoms with Crippen LogP contribution in [0.2, 0.25) is 0 Å². The van der Waals surface area contributed by atoms with Gasteiger partial charge in [-0.25, -0.2) is 0 Å². The molecule has 0 saturated heterocycles. The molecular weight excluding hydrogens is 246 g/mol. The van der Waals surface area contributed by atoms with E-state index in [1.54, 1.807) is 31.2 Å². The van der Waals surface area contributed by atoms with Crippen molar-refractivity contribution >= 4 is 23.2 Å². The molecule has 0 spiro atoms. The molecule has 0 amide bonds. The van der Waals surface area contributed by atoms with Crippen molar-refractivity contribution in [3.05, 3.63) is 46.2 Å². The predicted molar refractivity (Wildman–Crippen MR) is 67.9 cm³/mol. The van der Waals surface area contributed by atoms with Crippen molar-refractivity contribution in [2.45, 2.75) is 19.4 Å². The zero-order chi connectivity index (χ0) is 14.0. The van der Waals surface area contributed by atoms with E-state index in [0.717, 1.165) is 10.6 Å². The normalized spacial score (nSPS) is 12.3. The SMILES string of the molecule is CCC(C(=O)[O-])n1c(=O)cc(C=O)c2ccccc21. The molecule has 0 aliphatic carbocycles. The first-order valence-electron chi connectivity index (χ1n) is 5.90. The Morgan fingerprint density at radius 3 is 2.68 bits per heavy atom. The molecule has 0 radical (unpaired) electrons. The van der Waals surface area contributed by atoms with Gasteiger partial charge in [0.15, 0.2) is 6.29 Å². The van der Waals surface area contributed by atoms with Crippen LogP contribution in [0.5, 0.6) is 0 Å². The third-order valence-corrected chi connectivity index (χ3v) is 3.09. The Morgan fingerprint density at radius 2 is 2.11 bits per heavy atom. The van der Waals surface area contributed by atoms with Crippen molar-refractivity contribution in [1.82, 2.24) is 4.57 Å². The summed E-state index contributed by atoms with van der Waals surface area (Å²) in [5, 5.41) is 11.7. The molecule has 19 heavy (non-hydrogen) atoms. The van der Waals surface area contributed by atoms with Crippen molar-refractivity contribution in [3.63, 3.8) is 0 Å². The summed E-state index contributed by atoms with van der Waals surface area (Å²) in [4.78, 5) is 34.2. The van der Waals surface area contributed by atoms with Crippen LogP contribution in [-0.2, 0) is 4.79 Å². The summed E-state index contributed by atoms with van der Waals surface area (Å²) in [7, 11) is 0. The minimum atomic E-state index is -1.31. The monoisotopic (exact) mass is 258 g/mol. The highest BCUT2D eigenvalue weighted by atomic mass is 16.4. The largest absolute Gasteiger partial charge is 0.548 e. The van der Waals surface area contributed by atoms with Gasteiger partial charge < -0.3 is 9.90 Å². The molecule has 1 atom stereocenters. The van der Waals surface area contributed by atoms with Crippen molar-refractivity contribution in [1.29, 1.82) is 0 Å². The molecule has 1 heterocycles. The minimum Gasteiger partial charge on any atom is -0.548 e. The number of fused-ring (bicyclic) bond motifs is 1. The van der Waals surface area contributed by atoms with Gasteiger partial charge in [-0.3, -0.25) is 14.2 Å². The standard InChI is InChI=1S/C14H13NO4/c1-2-11(14(18)19)15-12-6-4-3-5-10(12)9(8-16)7-13(15)17/h3-8,11H,2H2,1H3,(H,18,19)/p-1. The van der Waals surface area contributed by atoms with E-state index in [9.17, 15) is 19.5 Å². The first-order chi connectivity index (χ1) is 9.10. The highest BCUT2D eigenvalue weighted by Crippen LogP contribution is 2.20. The van der Waals surface area contributed by atoms with Crippen molar-refractivity contribution in [2.75, 3.05) is 0 Å². The second-order valence-electron chi connectivity index (χ2n) is 4.19. The highest BCUT2D eigenvalue weighted by Gasteiger charge is 2.16. The first-order valence-corrected chi connectivity index (χ1v) is 5.90. The van der Waals surface area contributed by atoms with E-state index >= 15 is 0 Å². The van der Waals surface area contributed by atoms with E-state index in [-0.39, 0.29) is 12.0 Å². The van der Waals surface area contributed by atoms with Gasteiger partial charge in [0.25, 0.3) is 5.56 Å². The number of carbonyl (C=O) groups excluding carboxylic acids is 2. The van der Waals surface area contributed by atoms with Gasteiger partial charge in [-0.2, -0.15) is 0 Å². The summed E-state index contributed by atoms with van der Waals surface area (Å²) in [5.74, 6) is -1.31. The maximum absolute atomic E-state index is 12.0. The molecule has 1 aromatic carbocycles. The van der Waals surface area contributed by atoms with E-state index in [1.807, 2.05) is 0 Å². The molecule has 2 rings (SSSR count). The van der Waals surface area contributed by atoms with E-state index in [1.165, 1.54) is 0 Å². The summed E-state index contributed by atoms with van der Waals surface area (Å²) in [6.07, 6.45) is 0.820. The second-order valence-corrected chi connectivity index (χ2v) is 4.19. The predicted octanol–water partition coefficient (Wildman–Crippen LogP) is 0.515. The lowest BCUT2D eigenvalue weighted by Gasteiger charge is -2.21. The number of aromatic nitrogens is 1. The lowest BCUT2D eigenvalue weighted by Crippen LogP contribution is -2.38. The fraction of sp³-hybridized carbons (Fsp3) is 0.214. The zero-order valence-corrected chi connectivity index (χ0v) is 10.3. The summed E-state index contributed by atoms with van der Waals surface area (Å²) >= 11 is 0. The Kier molecular flexibility index (Phi) is 3.46. The topological polar surface area (TPSA) is 79.2 Å². The van der Waals surface area contributed by atoms with E-state index < -0.39 is 17.6 Å². The number of carbonyl (C=O) groups is 2. The van der Waals surface area contributed by atoms with Gasteiger partial charge in [0.05, 0.1) is 17.5 Å². The van der Waals surface area contributed by atoms with Crippen LogP contribution in [0.3, 0.4) is 0 Å². The minimum absolute atomic E-state index is 0.229. The lowest BCUT2D eigenvalue weighted by atomic mass is 10.1. The van der Waals surface area contributed by atoms with Crippen LogP contribution in [0, 0.1) is 0 Å². The summed E-state index contributed by atoms with van der Waals surface area (Å²) in [6, 6.07) is 6.82. The van der Waals surface area contributed by atoms with Crippen LogP contribution in [0.15, 0.2) is 35.1 Å². The van der Waals surface area contributed by atoms with Crippen molar-refractivity contribution in [3.8, 4) is 0 Å². The fourth-order valence-electron chi connectivity index (χ4n) is 2.20. The van der Waals surface area contributed by atoms with Crippen LogP contribution in [0.25, 0.3) is 10.9 Å². The number of nitrogens with zero attached hydrogens (tertiary/aromatic N) is 1. The number of carboxylic acids is 1. The number of rotatable bonds is 4. The average molecular weight is 258 g/mol. The summed E-state index contributed by atoms with van der Waals surface area (Å²) in [5.41, 5.74) is 0.162. The van der Waals surface area contributed by atoms with Crippen molar-refractivity contribution < 1.29 is 14.7 Å². The highest BCUT2D eigenvalue weighted by molar-refractivity contribution is 5.96. The first kappa shape index (κ1) is 13.0. The van der Waals surface area contributed by atoms with E-state index in [2.05, 4.69) is 0 Å². The summed E-state index contributed by atoms with van der Waals surface area (Å²) < 4.78 is 1.16. The fourth-order valence-corrected chi connectivity index (χ4v) is 2.20. The molecule has 1 unspecified atom stereocenters. The molecule has 98 valence electrons. The lowest BCUT2D eigenvalue weighted by molar-refractivity contribution is -0.310. The Hall–Kier alpha value is -2.43. The Bertz CT molecular complexity index is 702. The average Bonchev–Trinajstić information content (AvgIpc) is 2.41. The summed E-state index contributed by atoms with van der Waals surface area (Å²) in [6.45, 7) is 1.66. The van der Waals surface area contributed by atoms with Crippen LogP contribution in [-0.4, -0.2) is 16.8 Å². The quantitative estimate of drug-likeness (QED) is 0.749. The Morgan fingerprint density at radius 1 is 1.42 bits per heavy atom. The maximum Gasteiger partial charge on any atom is 0.252 e. The van der Waals surface area contributed by atoms with Crippen molar-refractivity contribution in [2.24, 2.45) is 0 Å². The van der Waals surface area contributed by atoms with Gasteiger partial charge in [0.1, 0.15) is 0 Å². The van der Waals surface area contributed by atoms with Gasteiger partial charge in [-0.15, -0.1) is 0 Å². The number of benzene rings is 1. The zero-order valence-electron chi connectivity index (χ0n) is 10.3. The van der Waals surface area contributed by atoms with Gasteiger partial charge >= 0.3 is 0 Å². The third-order valence-electron chi connectivity index (χ3n) is 3.09. The number of carboxylic acid groups (broad SMARTS) is 1. The Labute approximate surface area is 109 Å². The molecule has 5 heteroatoms. The number of aldehydes is 1. The van der Waals surface area contributed by atoms with Gasteiger partial charge in [-0.1, -0.05) is 25.1 Å². The molecule has 0 bridgehead atoms. The molecule has 0 fully saturated rings. The Balaban J connectivity index is 2.88. The molecule has 1 aromatic heterocycles. The van der Waals surface area contributed by atoms with Crippen LogP contribution in [0.1, 0.15) is 29.7 Å². The van der Waals surface area contributed by atoms with Gasteiger partial charge in [0.2, 0.25) is 0 Å². The molecule has 5 nitrogen and oxygen atoms in total. The second kappa shape index (κ2) is 5.06. The smallest absolute Gasteiger partial charge is 0.252 e. The molecule has 0 aliphatic heterocycles. The van der Waals surface area contributed by atoms with Crippen LogP contribution in [0.4, 0.5) is 0 Å². The number of aliphatic carboxylic acids is 1. The number of pyridine rings is 1. The molecular formula is C14H12NO4-.